The first-order valence-corrected chi connectivity index (χ1v) is 11.0. The lowest BCUT2D eigenvalue weighted by Crippen LogP contribution is -2.34. The quantitative estimate of drug-likeness (QED) is 0.490. The van der Waals surface area contributed by atoms with Crippen LogP contribution in [0.3, 0.4) is 0 Å². The van der Waals surface area contributed by atoms with Gasteiger partial charge < -0.3 is 10.0 Å². The summed E-state index contributed by atoms with van der Waals surface area (Å²) >= 11 is 19.1. The molecule has 0 bridgehead atoms. The van der Waals surface area contributed by atoms with Gasteiger partial charge in [0.05, 0.1) is 15.7 Å². The van der Waals surface area contributed by atoms with Crippen molar-refractivity contribution in [2.45, 2.75) is 33.1 Å². The average Bonchev–Trinajstić information content (AvgIpc) is 2.96. The second kappa shape index (κ2) is 8.29. The summed E-state index contributed by atoms with van der Waals surface area (Å²) in [5.41, 5.74) is 4.53. The van der Waals surface area contributed by atoms with Crippen molar-refractivity contribution in [1.82, 2.24) is 9.55 Å². The maximum atomic E-state index is 11.0. The van der Waals surface area contributed by atoms with Gasteiger partial charge in [-0.05, 0) is 56.4 Å². The minimum absolute atomic E-state index is 0.231. The van der Waals surface area contributed by atoms with Gasteiger partial charge in [-0.25, -0.2) is 4.98 Å². The van der Waals surface area contributed by atoms with E-state index in [1.54, 1.807) is 12.1 Å². The third-order valence-corrected chi connectivity index (χ3v) is 6.49. The molecule has 1 fully saturated rings. The number of carbonyl (C=O) groups is 1. The Morgan fingerprint density at radius 3 is 2.37 bits per heavy atom. The molecule has 1 aliphatic rings. The van der Waals surface area contributed by atoms with Crippen molar-refractivity contribution < 1.29 is 9.90 Å². The second-order valence-electron chi connectivity index (χ2n) is 7.91. The predicted molar refractivity (Wildman–Crippen MR) is 123 cm³/mol. The zero-order valence-corrected chi connectivity index (χ0v) is 19.0. The first-order valence-electron chi connectivity index (χ1n) is 9.85. The summed E-state index contributed by atoms with van der Waals surface area (Å²) in [5, 5.41) is 11.5. The van der Waals surface area contributed by atoms with E-state index in [4.69, 9.17) is 44.9 Å². The summed E-state index contributed by atoms with van der Waals surface area (Å²) < 4.78 is 1.93. The molecule has 0 amide bonds. The van der Waals surface area contributed by atoms with E-state index in [9.17, 15) is 4.79 Å². The Bertz CT molecular complexity index is 1110. The smallest absolute Gasteiger partial charge is 0.303 e. The number of rotatable bonds is 4. The average molecular weight is 467 g/mol. The minimum atomic E-state index is -0.722. The molecule has 0 radical (unpaired) electrons. The Kier molecular flexibility index (Phi) is 5.88. The number of anilines is 1. The van der Waals surface area contributed by atoms with Crippen molar-refractivity contribution in [3.05, 3.63) is 50.7 Å². The monoisotopic (exact) mass is 465 g/mol. The molecule has 3 aromatic rings. The Morgan fingerprint density at radius 2 is 1.77 bits per heavy atom. The minimum Gasteiger partial charge on any atom is -0.481 e. The highest BCUT2D eigenvalue weighted by molar-refractivity contribution is 6.40. The topological polar surface area (TPSA) is 58.4 Å². The van der Waals surface area contributed by atoms with Crippen molar-refractivity contribution in [1.29, 1.82) is 0 Å². The Balaban J connectivity index is 1.79. The van der Waals surface area contributed by atoms with E-state index >= 15 is 0 Å². The van der Waals surface area contributed by atoms with E-state index in [0.717, 1.165) is 53.9 Å². The van der Waals surface area contributed by atoms with E-state index in [-0.39, 0.29) is 12.3 Å². The number of aliphatic carboxylic acids is 1. The normalized spacial score (nSPS) is 15.2. The van der Waals surface area contributed by atoms with Gasteiger partial charge in [-0.2, -0.15) is 0 Å². The fourth-order valence-electron chi connectivity index (χ4n) is 4.32. The van der Waals surface area contributed by atoms with Crippen LogP contribution in [-0.4, -0.2) is 33.7 Å². The molecule has 1 aliphatic heterocycles. The van der Waals surface area contributed by atoms with Gasteiger partial charge in [-0.3, -0.25) is 9.36 Å². The van der Waals surface area contributed by atoms with Gasteiger partial charge in [0.2, 0.25) is 0 Å². The largest absolute Gasteiger partial charge is 0.481 e. The molecule has 0 spiro atoms. The van der Waals surface area contributed by atoms with E-state index in [2.05, 4.69) is 11.0 Å². The van der Waals surface area contributed by atoms with Gasteiger partial charge in [0, 0.05) is 47.5 Å². The summed E-state index contributed by atoms with van der Waals surface area (Å²) in [4.78, 5) is 18.2. The SMILES string of the molecule is Cc1cc(N2CCC(CC(=O)O)CC2)c2c(C)cn(-c3c(Cl)cc(Cl)cc3Cl)c2n1. The molecule has 1 N–H and O–H groups in total. The van der Waals surface area contributed by atoms with Crippen LogP contribution >= 0.6 is 34.8 Å². The van der Waals surface area contributed by atoms with Gasteiger partial charge in [-0.1, -0.05) is 34.8 Å². The van der Waals surface area contributed by atoms with Crippen LogP contribution in [0.5, 0.6) is 0 Å². The lowest BCUT2D eigenvalue weighted by Gasteiger charge is -2.33. The maximum absolute atomic E-state index is 11.0. The van der Waals surface area contributed by atoms with E-state index in [0.29, 0.717) is 20.8 Å². The Hall–Kier alpha value is -1.95. The first-order chi connectivity index (χ1) is 14.2. The number of fused-ring (bicyclic) bond motifs is 1. The number of aryl methyl sites for hydroxylation is 2. The molecule has 3 heterocycles. The summed E-state index contributed by atoms with van der Waals surface area (Å²) in [6.07, 6.45) is 3.97. The van der Waals surface area contributed by atoms with E-state index in [1.165, 1.54) is 0 Å². The number of nitrogens with zero attached hydrogens (tertiary/aromatic N) is 3. The second-order valence-corrected chi connectivity index (χ2v) is 9.16. The van der Waals surface area contributed by atoms with Crippen LogP contribution in [0.15, 0.2) is 24.4 Å². The van der Waals surface area contributed by atoms with Crippen LogP contribution in [0.25, 0.3) is 16.7 Å². The van der Waals surface area contributed by atoms with Crippen LogP contribution in [0.4, 0.5) is 5.69 Å². The number of piperidine rings is 1. The van der Waals surface area contributed by atoms with Gasteiger partial charge >= 0.3 is 5.97 Å². The molecule has 0 saturated carbocycles. The molecule has 1 aromatic carbocycles. The lowest BCUT2D eigenvalue weighted by molar-refractivity contribution is -0.138. The van der Waals surface area contributed by atoms with Crippen molar-refractivity contribution in [2.24, 2.45) is 5.92 Å². The molecule has 1 saturated heterocycles. The third kappa shape index (κ3) is 3.98. The molecule has 0 aliphatic carbocycles. The van der Waals surface area contributed by atoms with Gasteiger partial charge in [0.25, 0.3) is 0 Å². The number of hydrogen-bond donors (Lipinski definition) is 1. The maximum Gasteiger partial charge on any atom is 0.303 e. The highest BCUT2D eigenvalue weighted by Gasteiger charge is 2.25. The van der Waals surface area contributed by atoms with Crippen molar-refractivity contribution in [3.63, 3.8) is 0 Å². The van der Waals surface area contributed by atoms with Crippen molar-refractivity contribution in [3.8, 4) is 5.69 Å². The Morgan fingerprint density at radius 1 is 1.13 bits per heavy atom. The molecule has 0 unspecified atom stereocenters. The van der Waals surface area contributed by atoms with Crippen LogP contribution in [0, 0.1) is 19.8 Å². The summed E-state index contributed by atoms with van der Waals surface area (Å²) in [6, 6.07) is 5.45. The molecule has 2 aromatic heterocycles. The number of benzene rings is 1. The van der Waals surface area contributed by atoms with Crippen LogP contribution < -0.4 is 4.90 Å². The first kappa shape index (κ1) is 21.3. The van der Waals surface area contributed by atoms with Crippen molar-refractivity contribution in [2.75, 3.05) is 18.0 Å². The van der Waals surface area contributed by atoms with Crippen LogP contribution in [0.2, 0.25) is 15.1 Å². The fraction of sp³-hybridized carbons (Fsp3) is 0.364. The number of hydrogen-bond acceptors (Lipinski definition) is 3. The molecule has 30 heavy (non-hydrogen) atoms. The molecule has 0 atom stereocenters. The van der Waals surface area contributed by atoms with Crippen LogP contribution in [0.1, 0.15) is 30.5 Å². The van der Waals surface area contributed by atoms with Gasteiger partial charge in [-0.15, -0.1) is 0 Å². The molecule has 4 rings (SSSR count). The zero-order valence-electron chi connectivity index (χ0n) is 16.8. The van der Waals surface area contributed by atoms with E-state index in [1.807, 2.05) is 24.6 Å². The van der Waals surface area contributed by atoms with Crippen molar-refractivity contribution >= 4 is 57.5 Å². The highest BCUT2D eigenvalue weighted by atomic mass is 35.5. The number of carboxylic acids is 1. The number of halogens is 3. The third-order valence-electron chi connectivity index (χ3n) is 5.69. The molecular weight excluding hydrogens is 445 g/mol. The van der Waals surface area contributed by atoms with E-state index < -0.39 is 5.97 Å². The van der Waals surface area contributed by atoms with Crippen LogP contribution in [-0.2, 0) is 4.79 Å². The van der Waals surface area contributed by atoms with Gasteiger partial charge in [0.15, 0.2) is 0 Å². The molecule has 5 nitrogen and oxygen atoms in total. The molecule has 8 heteroatoms. The standard InChI is InChI=1S/C22H22Cl3N3O2/c1-12-11-28(21-16(24)9-15(23)10-17(21)25)22-20(12)18(7-13(2)26-22)27-5-3-14(4-6-27)8-19(29)30/h7,9-11,14H,3-6,8H2,1-2H3,(H,29,30). The van der Waals surface area contributed by atoms with Gasteiger partial charge in [0.1, 0.15) is 5.65 Å². The predicted octanol–water partition coefficient (Wildman–Crippen LogP) is 6.29. The summed E-state index contributed by atoms with van der Waals surface area (Å²) in [6.45, 7) is 5.67. The fourth-order valence-corrected chi connectivity index (χ4v) is 5.32. The lowest BCUT2D eigenvalue weighted by atomic mass is 9.93. The number of carboxylic acid groups (broad SMARTS) is 1. The highest BCUT2D eigenvalue weighted by Crippen LogP contribution is 2.39. The molecular formula is C22H22Cl3N3O2. The zero-order chi connectivity index (χ0) is 21.6. The number of aromatic nitrogens is 2. The summed E-state index contributed by atoms with van der Waals surface area (Å²) in [5.74, 6) is -0.491. The number of pyridine rings is 1. The Labute approximate surface area is 190 Å². The molecule has 158 valence electrons. The summed E-state index contributed by atoms with van der Waals surface area (Å²) in [7, 11) is 0.